The summed E-state index contributed by atoms with van der Waals surface area (Å²) in [6, 6.07) is 10.9. The highest BCUT2D eigenvalue weighted by Gasteiger charge is 2.07. The fraction of sp³-hybridized carbons (Fsp3) is 0.0667. The van der Waals surface area contributed by atoms with Gasteiger partial charge in [-0.1, -0.05) is 35.1 Å². The Morgan fingerprint density at radius 3 is 3.00 bits per heavy atom. The predicted molar refractivity (Wildman–Crippen MR) is 92.9 cm³/mol. The van der Waals surface area contributed by atoms with Crippen LogP contribution in [0.1, 0.15) is 10.8 Å². The first-order chi connectivity index (χ1) is 11.6. The van der Waals surface area contributed by atoms with Gasteiger partial charge in [0.2, 0.25) is 11.0 Å². The standard InChI is InChI=1S/C15H12ClN5O2S/c16-10-3-1-2-9(6-10)12-5-4-11(23-12)8-18-19-13(22)7-14-20-21-15(17)24-14/h1-6,8H,7H2,(H2,17,21)(H,19,22). The Kier molecular flexibility index (Phi) is 4.88. The lowest BCUT2D eigenvalue weighted by atomic mass is 10.2. The van der Waals surface area contributed by atoms with Gasteiger partial charge >= 0.3 is 0 Å². The predicted octanol–water partition coefficient (Wildman–Crippen LogP) is 2.73. The second kappa shape index (κ2) is 7.24. The molecule has 1 aromatic carbocycles. The van der Waals surface area contributed by atoms with E-state index in [4.69, 9.17) is 21.8 Å². The van der Waals surface area contributed by atoms with Crippen LogP contribution in [0.4, 0.5) is 5.13 Å². The number of nitrogens with zero attached hydrogens (tertiary/aromatic N) is 3. The van der Waals surface area contributed by atoms with Crippen LogP contribution >= 0.6 is 22.9 Å². The minimum absolute atomic E-state index is 0.0676. The first kappa shape index (κ1) is 16.2. The second-order valence-corrected chi connectivity index (χ2v) is 6.25. The second-order valence-electron chi connectivity index (χ2n) is 4.72. The monoisotopic (exact) mass is 361 g/mol. The number of anilines is 1. The Hall–Kier alpha value is -2.71. The third-order valence-electron chi connectivity index (χ3n) is 2.91. The van der Waals surface area contributed by atoms with Crippen molar-refractivity contribution in [2.24, 2.45) is 5.10 Å². The largest absolute Gasteiger partial charge is 0.455 e. The van der Waals surface area contributed by atoms with Gasteiger partial charge in [-0.25, -0.2) is 5.43 Å². The molecular formula is C15H12ClN5O2S. The molecule has 3 aromatic rings. The van der Waals surface area contributed by atoms with E-state index in [-0.39, 0.29) is 12.3 Å². The van der Waals surface area contributed by atoms with E-state index in [0.717, 1.165) is 16.9 Å². The lowest BCUT2D eigenvalue weighted by Crippen LogP contribution is -2.19. The number of hydrazone groups is 1. The number of furan rings is 1. The zero-order chi connectivity index (χ0) is 16.9. The lowest BCUT2D eigenvalue weighted by molar-refractivity contribution is -0.120. The molecule has 1 amide bonds. The van der Waals surface area contributed by atoms with Gasteiger partial charge in [-0.3, -0.25) is 4.79 Å². The molecule has 0 unspecified atom stereocenters. The summed E-state index contributed by atoms with van der Waals surface area (Å²) in [6.07, 6.45) is 1.48. The summed E-state index contributed by atoms with van der Waals surface area (Å²) in [4.78, 5) is 11.7. The fourth-order valence-corrected chi connectivity index (χ4v) is 2.70. The van der Waals surface area contributed by atoms with Gasteiger partial charge in [0.05, 0.1) is 12.6 Å². The van der Waals surface area contributed by atoms with Crippen LogP contribution in [0.2, 0.25) is 5.02 Å². The topological polar surface area (TPSA) is 106 Å². The molecule has 0 aliphatic heterocycles. The first-order valence-electron chi connectivity index (χ1n) is 6.86. The molecule has 0 spiro atoms. The minimum atomic E-state index is -0.316. The Balaban J connectivity index is 1.58. The molecule has 0 radical (unpaired) electrons. The van der Waals surface area contributed by atoms with Crippen LogP contribution in [-0.2, 0) is 11.2 Å². The molecule has 0 aliphatic carbocycles. The van der Waals surface area contributed by atoms with Gasteiger partial charge in [-0.15, -0.1) is 10.2 Å². The number of benzene rings is 1. The number of aromatic nitrogens is 2. The average Bonchev–Trinajstić information content (AvgIpc) is 3.17. The van der Waals surface area contributed by atoms with Crippen LogP contribution in [0, 0.1) is 0 Å². The van der Waals surface area contributed by atoms with Crippen molar-refractivity contribution in [1.82, 2.24) is 15.6 Å². The maximum absolute atomic E-state index is 11.7. The molecule has 0 aliphatic rings. The van der Waals surface area contributed by atoms with E-state index in [1.807, 2.05) is 12.1 Å². The Bertz CT molecular complexity index is 889. The van der Waals surface area contributed by atoms with Crippen molar-refractivity contribution in [3.05, 3.63) is 52.2 Å². The van der Waals surface area contributed by atoms with E-state index >= 15 is 0 Å². The van der Waals surface area contributed by atoms with Crippen molar-refractivity contribution >= 4 is 40.2 Å². The Labute approximate surface area is 146 Å². The number of hydrogen-bond donors (Lipinski definition) is 2. The molecule has 2 heterocycles. The molecule has 9 heteroatoms. The minimum Gasteiger partial charge on any atom is -0.455 e. The zero-order valence-corrected chi connectivity index (χ0v) is 13.8. The summed E-state index contributed by atoms with van der Waals surface area (Å²) in [5, 5.41) is 12.7. The third-order valence-corrected chi connectivity index (χ3v) is 3.90. The number of carbonyl (C=O) groups is 1. The molecule has 2 aromatic heterocycles. The molecule has 0 bridgehead atoms. The highest BCUT2D eigenvalue weighted by molar-refractivity contribution is 7.15. The quantitative estimate of drug-likeness (QED) is 0.536. The smallest absolute Gasteiger partial charge is 0.247 e. The maximum atomic E-state index is 11.7. The van der Waals surface area contributed by atoms with E-state index in [0.29, 0.717) is 26.7 Å². The number of hydrogen-bond acceptors (Lipinski definition) is 7. The van der Waals surface area contributed by atoms with Gasteiger partial charge in [0.15, 0.2) is 0 Å². The molecule has 24 heavy (non-hydrogen) atoms. The normalized spacial score (nSPS) is 11.0. The van der Waals surface area contributed by atoms with E-state index in [9.17, 15) is 4.79 Å². The Morgan fingerprint density at radius 2 is 2.25 bits per heavy atom. The van der Waals surface area contributed by atoms with Crippen LogP contribution in [0.15, 0.2) is 45.9 Å². The van der Waals surface area contributed by atoms with Gasteiger partial charge in [-0.2, -0.15) is 5.10 Å². The van der Waals surface area contributed by atoms with Gasteiger partial charge < -0.3 is 10.2 Å². The molecule has 3 N–H and O–H groups in total. The van der Waals surface area contributed by atoms with Crippen LogP contribution in [-0.4, -0.2) is 22.3 Å². The van der Waals surface area contributed by atoms with E-state index < -0.39 is 0 Å². The number of nitrogen functional groups attached to an aromatic ring is 1. The summed E-state index contributed by atoms with van der Waals surface area (Å²) in [5.74, 6) is 0.851. The summed E-state index contributed by atoms with van der Waals surface area (Å²) in [6.45, 7) is 0. The first-order valence-corrected chi connectivity index (χ1v) is 8.05. The van der Waals surface area contributed by atoms with Crippen molar-refractivity contribution in [1.29, 1.82) is 0 Å². The van der Waals surface area contributed by atoms with Crippen molar-refractivity contribution < 1.29 is 9.21 Å². The molecule has 7 nitrogen and oxygen atoms in total. The molecule has 0 fully saturated rings. The number of carbonyl (C=O) groups excluding carboxylic acids is 1. The maximum Gasteiger partial charge on any atom is 0.247 e. The van der Waals surface area contributed by atoms with Crippen molar-refractivity contribution in [3.8, 4) is 11.3 Å². The fourth-order valence-electron chi connectivity index (χ4n) is 1.90. The van der Waals surface area contributed by atoms with Gasteiger partial charge in [0, 0.05) is 10.6 Å². The molecular weight excluding hydrogens is 350 g/mol. The van der Waals surface area contributed by atoms with Crippen LogP contribution in [0.25, 0.3) is 11.3 Å². The highest BCUT2D eigenvalue weighted by Crippen LogP contribution is 2.24. The van der Waals surface area contributed by atoms with E-state index in [2.05, 4.69) is 20.7 Å². The summed E-state index contributed by atoms with van der Waals surface area (Å²) in [7, 11) is 0. The average molecular weight is 362 g/mol. The molecule has 0 saturated heterocycles. The van der Waals surface area contributed by atoms with Gasteiger partial charge in [0.25, 0.3) is 0 Å². The van der Waals surface area contributed by atoms with Crippen molar-refractivity contribution in [2.45, 2.75) is 6.42 Å². The molecule has 0 saturated carbocycles. The number of rotatable bonds is 5. The SMILES string of the molecule is Nc1nnc(CC(=O)NN=Cc2ccc(-c3cccc(Cl)c3)o2)s1. The third kappa shape index (κ3) is 4.18. The molecule has 0 atom stereocenters. The van der Waals surface area contributed by atoms with E-state index in [1.54, 1.807) is 24.3 Å². The highest BCUT2D eigenvalue weighted by atomic mass is 35.5. The van der Waals surface area contributed by atoms with Crippen molar-refractivity contribution in [2.75, 3.05) is 5.73 Å². The van der Waals surface area contributed by atoms with Gasteiger partial charge in [-0.05, 0) is 24.3 Å². The van der Waals surface area contributed by atoms with Crippen molar-refractivity contribution in [3.63, 3.8) is 0 Å². The summed E-state index contributed by atoms with van der Waals surface area (Å²) >= 11 is 7.12. The number of nitrogens with two attached hydrogens (primary N) is 1. The molecule has 3 rings (SSSR count). The van der Waals surface area contributed by atoms with Gasteiger partial charge in [0.1, 0.15) is 16.5 Å². The summed E-state index contributed by atoms with van der Waals surface area (Å²) < 4.78 is 5.63. The molecule has 122 valence electrons. The summed E-state index contributed by atoms with van der Waals surface area (Å²) in [5.41, 5.74) is 8.71. The van der Waals surface area contributed by atoms with Crippen LogP contribution < -0.4 is 11.2 Å². The van der Waals surface area contributed by atoms with Crippen LogP contribution in [0.3, 0.4) is 0 Å². The zero-order valence-electron chi connectivity index (χ0n) is 12.3. The number of halogens is 1. The lowest BCUT2D eigenvalue weighted by Gasteiger charge is -1.97. The van der Waals surface area contributed by atoms with Crippen LogP contribution in [0.5, 0.6) is 0 Å². The Morgan fingerprint density at radius 1 is 1.38 bits per heavy atom. The number of nitrogens with one attached hydrogen (secondary N) is 1. The number of amides is 1. The van der Waals surface area contributed by atoms with E-state index in [1.165, 1.54) is 6.21 Å².